The summed E-state index contributed by atoms with van der Waals surface area (Å²) in [6.07, 6.45) is 3.37. The SMILES string of the molecule is O=C(COc1ccc(CCNC(=O)C2=NN(Cc3ccccc3)C(=O)CC2)cc1)NC1CC1. The fraction of sp³-hybridized carbons (Fsp3) is 0.360. The van der Waals surface area contributed by atoms with Crippen molar-refractivity contribution in [1.29, 1.82) is 0 Å². The Morgan fingerprint density at radius 2 is 1.76 bits per heavy atom. The maximum absolute atomic E-state index is 12.5. The van der Waals surface area contributed by atoms with E-state index in [1.807, 2.05) is 54.6 Å². The zero-order valence-corrected chi connectivity index (χ0v) is 18.5. The van der Waals surface area contributed by atoms with Gasteiger partial charge in [-0.3, -0.25) is 14.4 Å². The van der Waals surface area contributed by atoms with Crippen molar-refractivity contribution in [2.75, 3.05) is 13.2 Å². The number of ether oxygens (including phenoxy) is 1. The predicted molar refractivity (Wildman–Crippen MR) is 123 cm³/mol. The molecular weight excluding hydrogens is 420 g/mol. The molecule has 0 bridgehead atoms. The minimum absolute atomic E-state index is 0.0117. The number of hydrazone groups is 1. The standard InChI is InChI=1S/C25H28N4O4/c30-23(27-20-8-9-20)17-33-21-10-6-18(7-11-21)14-15-26-25(32)22-12-13-24(31)29(28-22)16-19-4-2-1-3-5-19/h1-7,10-11,20H,8-9,12-17H2,(H,26,32)(H,27,30). The van der Waals surface area contributed by atoms with E-state index < -0.39 is 0 Å². The smallest absolute Gasteiger partial charge is 0.267 e. The van der Waals surface area contributed by atoms with Gasteiger partial charge in [0.15, 0.2) is 6.61 Å². The maximum atomic E-state index is 12.5. The zero-order valence-electron chi connectivity index (χ0n) is 18.5. The van der Waals surface area contributed by atoms with Crippen LogP contribution in [-0.4, -0.2) is 47.6 Å². The van der Waals surface area contributed by atoms with E-state index in [0.717, 1.165) is 24.0 Å². The fourth-order valence-corrected chi connectivity index (χ4v) is 3.47. The van der Waals surface area contributed by atoms with E-state index in [1.165, 1.54) is 5.01 Å². The molecule has 1 aliphatic heterocycles. The highest BCUT2D eigenvalue weighted by Gasteiger charge is 2.24. The lowest BCUT2D eigenvalue weighted by molar-refractivity contribution is -0.132. The van der Waals surface area contributed by atoms with Crippen LogP contribution in [0.5, 0.6) is 5.75 Å². The van der Waals surface area contributed by atoms with Gasteiger partial charge in [-0.1, -0.05) is 42.5 Å². The van der Waals surface area contributed by atoms with Gasteiger partial charge in [0.05, 0.1) is 6.54 Å². The van der Waals surface area contributed by atoms with E-state index in [4.69, 9.17) is 4.74 Å². The summed E-state index contributed by atoms with van der Waals surface area (Å²) in [5.41, 5.74) is 2.38. The lowest BCUT2D eigenvalue weighted by Gasteiger charge is -2.23. The Balaban J connectivity index is 1.21. The third-order valence-electron chi connectivity index (χ3n) is 5.48. The minimum Gasteiger partial charge on any atom is -0.484 e. The van der Waals surface area contributed by atoms with Crippen molar-refractivity contribution in [1.82, 2.24) is 15.6 Å². The molecule has 0 atom stereocenters. The van der Waals surface area contributed by atoms with Crippen LogP contribution < -0.4 is 15.4 Å². The van der Waals surface area contributed by atoms with Crippen LogP contribution in [0, 0.1) is 0 Å². The molecule has 0 saturated heterocycles. The summed E-state index contributed by atoms with van der Waals surface area (Å²) >= 11 is 0. The summed E-state index contributed by atoms with van der Waals surface area (Å²) in [6.45, 7) is 0.819. The number of nitrogens with zero attached hydrogens (tertiary/aromatic N) is 2. The molecular formula is C25H28N4O4. The lowest BCUT2D eigenvalue weighted by Crippen LogP contribution is -2.39. The number of benzene rings is 2. The Morgan fingerprint density at radius 3 is 2.48 bits per heavy atom. The quantitative estimate of drug-likeness (QED) is 0.582. The fourth-order valence-electron chi connectivity index (χ4n) is 3.47. The minimum atomic E-state index is -0.248. The van der Waals surface area contributed by atoms with Crippen LogP contribution in [0.4, 0.5) is 0 Å². The monoisotopic (exact) mass is 448 g/mol. The number of amides is 3. The van der Waals surface area contributed by atoms with Crippen LogP contribution in [0.1, 0.15) is 36.8 Å². The van der Waals surface area contributed by atoms with Crippen molar-refractivity contribution >= 4 is 23.4 Å². The first kappa shape index (κ1) is 22.5. The van der Waals surface area contributed by atoms with Crippen molar-refractivity contribution in [2.24, 2.45) is 5.10 Å². The topological polar surface area (TPSA) is 100 Å². The Labute approximate surface area is 193 Å². The van der Waals surface area contributed by atoms with Gasteiger partial charge in [0.25, 0.3) is 11.8 Å². The molecule has 33 heavy (non-hydrogen) atoms. The number of hydrogen-bond donors (Lipinski definition) is 2. The van der Waals surface area contributed by atoms with Gasteiger partial charge in [-0.2, -0.15) is 5.10 Å². The third kappa shape index (κ3) is 6.90. The average molecular weight is 449 g/mol. The zero-order chi connectivity index (χ0) is 23.0. The molecule has 2 aromatic carbocycles. The van der Waals surface area contributed by atoms with E-state index in [-0.39, 0.29) is 30.7 Å². The summed E-state index contributed by atoms with van der Waals surface area (Å²) in [5.74, 6) is 0.206. The highest BCUT2D eigenvalue weighted by Crippen LogP contribution is 2.18. The van der Waals surface area contributed by atoms with Gasteiger partial charge in [-0.25, -0.2) is 5.01 Å². The highest BCUT2D eigenvalue weighted by molar-refractivity contribution is 6.39. The molecule has 0 aromatic heterocycles. The number of nitrogens with one attached hydrogen (secondary N) is 2. The maximum Gasteiger partial charge on any atom is 0.267 e. The van der Waals surface area contributed by atoms with Crippen LogP contribution in [0.3, 0.4) is 0 Å². The van der Waals surface area contributed by atoms with Crippen molar-refractivity contribution in [3.8, 4) is 5.75 Å². The summed E-state index contributed by atoms with van der Waals surface area (Å²) in [4.78, 5) is 36.4. The average Bonchev–Trinajstić information content (AvgIpc) is 3.64. The largest absolute Gasteiger partial charge is 0.484 e. The van der Waals surface area contributed by atoms with Gasteiger partial charge in [0.2, 0.25) is 5.91 Å². The molecule has 2 aliphatic rings. The lowest BCUT2D eigenvalue weighted by atomic mass is 10.1. The Bertz CT molecular complexity index is 1020. The van der Waals surface area contributed by atoms with Crippen molar-refractivity contribution in [3.63, 3.8) is 0 Å². The number of rotatable bonds is 10. The molecule has 4 rings (SSSR count). The summed E-state index contributed by atoms with van der Waals surface area (Å²) in [7, 11) is 0. The van der Waals surface area contributed by atoms with Gasteiger partial charge in [-0.05, 0) is 42.5 Å². The molecule has 1 saturated carbocycles. The normalized spacial score (nSPS) is 15.6. The van der Waals surface area contributed by atoms with E-state index in [2.05, 4.69) is 15.7 Å². The van der Waals surface area contributed by atoms with Crippen molar-refractivity contribution in [2.45, 2.75) is 44.7 Å². The Kier molecular flexibility index (Phi) is 7.34. The molecule has 2 aromatic rings. The molecule has 8 nitrogen and oxygen atoms in total. The van der Waals surface area contributed by atoms with Gasteiger partial charge >= 0.3 is 0 Å². The van der Waals surface area contributed by atoms with Crippen LogP contribution in [-0.2, 0) is 27.3 Å². The summed E-state index contributed by atoms with van der Waals surface area (Å²) in [5, 5.41) is 11.4. The Morgan fingerprint density at radius 1 is 1.00 bits per heavy atom. The molecule has 1 heterocycles. The third-order valence-corrected chi connectivity index (χ3v) is 5.48. The second-order valence-electron chi connectivity index (χ2n) is 8.26. The second kappa shape index (κ2) is 10.8. The van der Waals surface area contributed by atoms with Gasteiger partial charge in [0.1, 0.15) is 11.5 Å². The van der Waals surface area contributed by atoms with E-state index >= 15 is 0 Å². The van der Waals surface area contributed by atoms with Crippen LogP contribution in [0.25, 0.3) is 0 Å². The van der Waals surface area contributed by atoms with E-state index in [0.29, 0.717) is 43.4 Å². The summed E-state index contributed by atoms with van der Waals surface area (Å²) in [6, 6.07) is 17.4. The number of carbonyl (C=O) groups excluding carboxylic acids is 3. The van der Waals surface area contributed by atoms with E-state index in [1.54, 1.807) is 0 Å². The second-order valence-corrected chi connectivity index (χ2v) is 8.26. The molecule has 3 amide bonds. The van der Waals surface area contributed by atoms with Crippen LogP contribution in [0.15, 0.2) is 59.7 Å². The molecule has 0 spiro atoms. The molecule has 2 N–H and O–H groups in total. The van der Waals surface area contributed by atoms with Crippen molar-refractivity contribution < 1.29 is 19.1 Å². The summed E-state index contributed by atoms with van der Waals surface area (Å²) < 4.78 is 5.51. The van der Waals surface area contributed by atoms with E-state index in [9.17, 15) is 14.4 Å². The highest BCUT2D eigenvalue weighted by atomic mass is 16.5. The van der Waals surface area contributed by atoms with Crippen LogP contribution >= 0.6 is 0 Å². The predicted octanol–water partition coefficient (Wildman–Crippen LogP) is 2.18. The van der Waals surface area contributed by atoms with Crippen molar-refractivity contribution in [3.05, 3.63) is 65.7 Å². The first-order chi connectivity index (χ1) is 16.1. The molecule has 8 heteroatoms. The number of hydrogen-bond acceptors (Lipinski definition) is 5. The first-order valence-corrected chi connectivity index (χ1v) is 11.3. The van der Waals surface area contributed by atoms with Gasteiger partial charge < -0.3 is 15.4 Å². The molecule has 172 valence electrons. The first-order valence-electron chi connectivity index (χ1n) is 11.3. The Hall–Kier alpha value is -3.68. The number of carbonyl (C=O) groups is 3. The molecule has 0 radical (unpaired) electrons. The van der Waals surface area contributed by atoms with Gasteiger partial charge in [-0.15, -0.1) is 0 Å². The van der Waals surface area contributed by atoms with Gasteiger partial charge in [0, 0.05) is 25.4 Å². The molecule has 1 fully saturated rings. The molecule has 0 unspecified atom stereocenters. The van der Waals surface area contributed by atoms with Crippen LogP contribution in [0.2, 0.25) is 0 Å². The molecule has 1 aliphatic carbocycles.